The molecule has 0 aliphatic carbocycles. The normalized spacial score (nSPS) is 14.7. The Balaban J connectivity index is 1.72. The van der Waals surface area contributed by atoms with E-state index in [-0.39, 0.29) is 5.91 Å². The summed E-state index contributed by atoms with van der Waals surface area (Å²) in [5.74, 6) is 0.796. The predicted molar refractivity (Wildman–Crippen MR) is 120 cm³/mol. The van der Waals surface area contributed by atoms with Crippen molar-refractivity contribution >= 4 is 23.5 Å². The number of nitrogens with one attached hydrogen (secondary N) is 2. The average Bonchev–Trinajstić information content (AvgIpc) is 3.30. The summed E-state index contributed by atoms with van der Waals surface area (Å²) in [6, 6.07) is 11.4. The van der Waals surface area contributed by atoms with Gasteiger partial charge in [0.15, 0.2) is 0 Å². The first-order valence-electron chi connectivity index (χ1n) is 10.1. The van der Waals surface area contributed by atoms with Crippen molar-refractivity contribution in [1.29, 1.82) is 0 Å². The largest absolute Gasteiger partial charge is 0.497 e. The highest BCUT2D eigenvalue weighted by Gasteiger charge is 2.33. The number of carbonyl (C=O) groups excluding carboxylic acids is 2. The molecule has 170 valence electrons. The van der Waals surface area contributed by atoms with E-state index >= 15 is 0 Å². The van der Waals surface area contributed by atoms with E-state index in [2.05, 4.69) is 20.7 Å². The molecule has 0 saturated heterocycles. The number of anilines is 2. The summed E-state index contributed by atoms with van der Waals surface area (Å²) in [7, 11) is 4.40. The zero-order valence-corrected chi connectivity index (χ0v) is 18.6. The summed E-state index contributed by atoms with van der Waals surface area (Å²) in [5.41, 5.74) is 2.72. The van der Waals surface area contributed by atoms with Crippen molar-refractivity contribution in [2.24, 2.45) is 0 Å². The van der Waals surface area contributed by atoms with Crippen LogP contribution in [-0.2, 0) is 9.53 Å². The molecule has 1 aromatic heterocycles. The summed E-state index contributed by atoms with van der Waals surface area (Å²) in [4.78, 5) is 29.6. The van der Waals surface area contributed by atoms with E-state index in [1.54, 1.807) is 61.2 Å². The topological polar surface area (TPSA) is 117 Å². The van der Waals surface area contributed by atoms with Gasteiger partial charge in [-0.3, -0.25) is 4.79 Å². The number of ether oxygens (including phenoxy) is 3. The molecule has 1 aliphatic heterocycles. The minimum atomic E-state index is -0.570. The first-order chi connectivity index (χ1) is 16.0. The lowest BCUT2D eigenvalue weighted by atomic mass is 9.94. The Kier molecular flexibility index (Phi) is 5.99. The van der Waals surface area contributed by atoms with Gasteiger partial charge in [-0.2, -0.15) is 10.1 Å². The van der Waals surface area contributed by atoms with Gasteiger partial charge >= 0.3 is 5.97 Å². The fourth-order valence-electron chi connectivity index (χ4n) is 3.70. The number of nitrogens with zero attached hydrogens (tertiary/aromatic N) is 3. The highest BCUT2D eigenvalue weighted by Crippen LogP contribution is 2.36. The van der Waals surface area contributed by atoms with Crippen molar-refractivity contribution in [1.82, 2.24) is 14.8 Å². The lowest BCUT2D eigenvalue weighted by molar-refractivity contribution is -0.113. The summed E-state index contributed by atoms with van der Waals surface area (Å²) >= 11 is 0. The van der Waals surface area contributed by atoms with E-state index in [0.29, 0.717) is 40.0 Å². The van der Waals surface area contributed by atoms with Crippen molar-refractivity contribution in [3.63, 3.8) is 0 Å². The number of fused-ring (bicyclic) bond motifs is 1. The Morgan fingerprint density at radius 2 is 1.82 bits per heavy atom. The lowest BCUT2D eigenvalue weighted by Crippen LogP contribution is -2.31. The molecule has 1 aliphatic rings. The number of esters is 1. The van der Waals surface area contributed by atoms with Gasteiger partial charge in [0.1, 0.15) is 23.9 Å². The maximum Gasteiger partial charge on any atom is 0.337 e. The van der Waals surface area contributed by atoms with Gasteiger partial charge in [-0.25, -0.2) is 9.48 Å². The predicted octanol–water partition coefficient (Wildman–Crippen LogP) is 3.01. The summed E-state index contributed by atoms with van der Waals surface area (Å²) in [5, 5.41) is 10.4. The van der Waals surface area contributed by atoms with Gasteiger partial charge < -0.3 is 24.8 Å². The van der Waals surface area contributed by atoms with Crippen molar-refractivity contribution < 1.29 is 23.8 Å². The Bertz CT molecular complexity index is 1230. The molecule has 2 N–H and O–H groups in total. The second-order valence-corrected chi connectivity index (χ2v) is 7.23. The standard InChI is InChI=1S/C23H23N5O5/c1-13-19(21(29)27-17-10-9-16(31-2)11-18(17)32-3)20(28-23(26-13)24-12-25-28)14-5-7-15(8-6-14)22(30)33-4/h5-12,20H,1-4H3,(H,27,29)(H,24,25,26)/t20-/m1/s1. The molecule has 0 unspecified atom stereocenters. The van der Waals surface area contributed by atoms with Crippen LogP contribution >= 0.6 is 0 Å². The van der Waals surface area contributed by atoms with Crippen LogP contribution in [-0.4, -0.2) is 48.0 Å². The highest BCUT2D eigenvalue weighted by atomic mass is 16.5. The summed E-state index contributed by atoms with van der Waals surface area (Å²) < 4.78 is 17.0. The summed E-state index contributed by atoms with van der Waals surface area (Å²) in [6.07, 6.45) is 1.42. The van der Waals surface area contributed by atoms with Gasteiger partial charge in [0.25, 0.3) is 5.91 Å². The van der Waals surface area contributed by atoms with E-state index in [9.17, 15) is 9.59 Å². The number of carbonyl (C=O) groups is 2. The SMILES string of the molecule is COC(=O)c1ccc([C@@H]2C(C(=O)Nc3ccc(OC)cc3OC)=C(C)Nc3ncnn32)cc1. The van der Waals surface area contributed by atoms with Crippen molar-refractivity contribution in [3.05, 3.63) is 71.2 Å². The third kappa shape index (κ3) is 4.10. The number of benzene rings is 2. The monoisotopic (exact) mass is 449 g/mol. The molecule has 10 nitrogen and oxygen atoms in total. The van der Waals surface area contributed by atoms with E-state index in [1.165, 1.54) is 20.5 Å². The van der Waals surface area contributed by atoms with Crippen LogP contribution in [0.15, 0.2) is 60.1 Å². The van der Waals surface area contributed by atoms with Gasteiger partial charge in [-0.05, 0) is 36.8 Å². The average molecular weight is 449 g/mol. The molecule has 1 atom stereocenters. The van der Waals surface area contributed by atoms with Gasteiger partial charge in [0.2, 0.25) is 5.95 Å². The van der Waals surface area contributed by atoms with Crippen LogP contribution < -0.4 is 20.1 Å². The molecule has 2 heterocycles. The van der Waals surface area contributed by atoms with Crippen molar-refractivity contribution in [2.75, 3.05) is 32.0 Å². The number of aromatic nitrogens is 3. The molecule has 0 fully saturated rings. The molecule has 0 saturated carbocycles. The smallest absolute Gasteiger partial charge is 0.337 e. The molecule has 0 radical (unpaired) electrons. The minimum Gasteiger partial charge on any atom is -0.497 e. The second kappa shape index (κ2) is 9.03. The fourth-order valence-corrected chi connectivity index (χ4v) is 3.70. The Hall–Kier alpha value is -4.34. The number of allylic oxidation sites excluding steroid dienone is 1. The molecule has 1 amide bonds. The fraction of sp³-hybridized carbons (Fsp3) is 0.217. The number of rotatable bonds is 6. The van der Waals surface area contributed by atoms with Crippen molar-refractivity contribution in [2.45, 2.75) is 13.0 Å². The van der Waals surface area contributed by atoms with Crippen LogP contribution in [0.4, 0.5) is 11.6 Å². The molecule has 0 bridgehead atoms. The molecule has 10 heteroatoms. The van der Waals surface area contributed by atoms with Crippen LogP contribution in [0.3, 0.4) is 0 Å². The van der Waals surface area contributed by atoms with Crippen LogP contribution in [0.2, 0.25) is 0 Å². The van der Waals surface area contributed by atoms with E-state index in [0.717, 1.165) is 5.56 Å². The van der Waals surface area contributed by atoms with Gasteiger partial charge in [-0.15, -0.1) is 0 Å². The van der Waals surface area contributed by atoms with E-state index in [4.69, 9.17) is 14.2 Å². The van der Waals surface area contributed by atoms with E-state index < -0.39 is 12.0 Å². The third-order valence-electron chi connectivity index (χ3n) is 5.34. The van der Waals surface area contributed by atoms with Crippen molar-refractivity contribution in [3.8, 4) is 11.5 Å². The van der Waals surface area contributed by atoms with Crippen LogP contribution in [0, 0.1) is 0 Å². The molecule has 4 rings (SSSR count). The Labute approximate surface area is 190 Å². The maximum atomic E-state index is 13.5. The highest BCUT2D eigenvalue weighted by molar-refractivity contribution is 6.06. The zero-order chi connectivity index (χ0) is 23.5. The van der Waals surface area contributed by atoms with Crippen LogP contribution in [0.25, 0.3) is 0 Å². The Morgan fingerprint density at radius 1 is 1.06 bits per heavy atom. The Morgan fingerprint density at radius 3 is 2.48 bits per heavy atom. The van der Waals surface area contributed by atoms with Crippen LogP contribution in [0.5, 0.6) is 11.5 Å². The van der Waals surface area contributed by atoms with Gasteiger partial charge in [0, 0.05) is 11.8 Å². The first-order valence-corrected chi connectivity index (χ1v) is 10.1. The quantitative estimate of drug-likeness (QED) is 0.552. The number of hydrogen-bond donors (Lipinski definition) is 2. The molecule has 3 aromatic rings. The molecule has 33 heavy (non-hydrogen) atoms. The molecular formula is C23H23N5O5. The van der Waals surface area contributed by atoms with E-state index in [1.807, 2.05) is 0 Å². The molecule has 0 spiro atoms. The minimum absolute atomic E-state index is 0.341. The lowest BCUT2D eigenvalue weighted by Gasteiger charge is -2.29. The maximum absolute atomic E-state index is 13.5. The number of hydrogen-bond acceptors (Lipinski definition) is 8. The summed E-state index contributed by atoms with van der Waals surface area (Å²) in [6.45, 7) is 1.80. The van der Waals surface area contributed by atoms with Gasteiger partial charge in [0.05, 0.1) is 38.2 Å². The number of methoxy groups -OCH3 is 3. The number of amides is 1. The zero-order valence-electron chi connectivity index (χ0n) is 18.6. The van der Waals surface area contributed by atoms with Crippen LogP contribution in [0.1, 0.15) is 28.9 Å². The van der Waals surface area contributed by atoms with Gasteiger partial charge in [-0.1, -0.05) is 12.1 Å². The molecule has 2 aromatic carbocycles. The second-order valence-electron chi connectivity index (χ2n) is 7.23. The molecular weight excluding hydrogens is 426 g/mol. The first kappa shape index (κ1) is 21.9. The third-order valence-corrected chi connectivity index (χ3v) is 5.34.